The van der Waals surface area contributed by atoms with Crippen LogP contribution in [0.3, 0.4) is 0 Å². The Hall–Kier alpha value is -1.86. The first kappa shape index (κ1) is 16.2. The molecular weight excluding hydrogens is 275 g/mol. The third-order valence-corrected chi connectivity index (χ3v) is 2.34. The van der Waals surface area contributed by atoms with E-state index in [-0.39, 0.29) is 17.9 Å². The minimum atomic E-state index is -4.57. The van der Waals surface area contributed by atoms with Crippen molar-refractivity contribution in [1.82, 2.24) is 9.97 Å². The highest BCUT2D eigenvalue weighted by Crippen LogP contribution is 2.37. The first-order valence-electron chi connectivity index (χ1n) is 5.85. The topological polar surface area (TPSA) is 64.1 Å². The van der Waals surface area contributed by atoms with Crippen molar-refractivity contribution in [1.29, 1.82) is 0 Å². The average molecular weight is 291 g/mol. The summed E-state index contributed by atoms with van der Waals surface area (Å²) in [5.41, 5.74) is -0.623. The lowest BCUT2D eigenvalue weighted by Gasteiger charge is -2.26. The molecular formula is C12H16F3N3O2. The van der Waals surface area contributed by atoms with Crippen molar-refractivity contribution >= 4 is 12.3 Å². The van der Waals surface area contributed by atoms with Crippen molar-refractivity contribution in [2.24, 2.45) is 0 Å². The lowest BCUT2D eigenvalue weighted by Crippen LogP contribution is -2.31. The van der Waals surface area contributed by atoms with E-state index in [1.807, 2.05) is 0 Å². The Bertz CT molecular complexity index is 458. The number of aromatic nitrogens is 2. The number of carbonyl (C=O) groups is 1. The van der Waals surface area contributed by atoms with Gasteiger partial charge in [-0.3, -0.25) is 4.79 Å². The number of nitrogens with one attached hydrogen (secondary N) is 1. The lowest BCUT2D eigenvalue weighted by molar-refractivity contribution is -0.164. The van der Waals surface area contributed by atoms with Crippen LogP contribution >= 0.6 is 0 Å². The average Bonchev–Trinajstić information content (AvgIpc) is 2.28. The Morgan fingerprint density at radius 1 is 1.40 bits per heavy atom. The minimum Gasteiger partial charge on any atom is -0.467 e. The number of nitrogens with zero attached hydrogens (tertiary/aromatic N) is 2. The maximum absolute atomic E-state index is 13.1. The first-order chi connectivity index (χ1) is 9.15. The molecule has 1 atom stereocenters. The van der Waals surface area contributed by atoms with Crippen LogP contribution in [0.15, 0.2) is 12.5 Å². The number of carbonyl (C=O) groups excluding carboxylic acids is 1. The molecule has 0 spiro atoms. The summed E-state index contributed by atoms with van der Waals surface area (Å²) in [5, 5.41) is 2.88. The van der Waals surface area contributed by atoms with E-state index in [1.165, 1.54) is 0 Å². The summed E-state index contributed by atoms with van der Waals surface area (Å²) in [6, 6.07) is 0. The van der Waals surface area contributed by atoms with E-state index in [0.29, 0.717) is 0 Å². The van der Waals surface area contributed by atoms with Crippen LogP contribution in [0.25, 0.3) is 0 Å². The quantitative estimate of drug-likeness (QED) is 0.844. The molecule has 20 heavy (non-hydrogen) atoms. The van der Waals surface area contributed by atoms with Gasteiger partial charge in [0, 0.05) is 17.3 Å². The van der Waals surface area contributed by atoms with Crippen LogP contribution in [-0.2, 0) is 9.53 Å². The Labute approximate surface area is 114 Å². The van der Waals surface area contributed by atoms with Gasteiger partial charge in [0.05, 0.1) is 0 Å². The van der Waals surface area contributed by atoms with Gasteiger partial charge in [0.1, 0.15) is 24.7 Å². The normalized spacial score (nSPS) is 13.7. The maximum Gasteiger partial charge on any atom is 0.399 e. The number of anilines is 1. The number of alkyl halides is 3. The van der Waals surface area contributed by atoms with Crippen molar-refractivity contribution in [3.05, 3.63) is 18.1 Å². The second kappa shape index (κ2) is 6.06. The highest BCUT2D eigenvalue weighted by molar-refractivity contribution is 5.47. The monoisotopic (exact) mass is 291 g/mol. The van der Waals surface area contributed by atoms with Gasteiger partial charge in [-0.05, 0) is 20.8 Å². The van der Waals surface area contributed by atoms with E-state index in [9.17, 15) is 18.0 Å². The fourth-order valence-corrected chi connectivity index (χ4v) is 1.55. The fraction of sp³-hybridized carbons (Fsp3) is 0.583. The molecule has 0 fully saturated rings. The highest BCUT2D eigenvalue weighted by Gasteiger charge is 2.43. The first-order valence-corrected chi connectivity index (χ1v) is 5.85. The van der Waals surface area contributed by atoms with Gasteiger partial charge in [0.25, 0.3) is 6.47 Å². The molecule has 0 aliphatic carbocycles. The van der Waals surface area contributed by atoms with Crippen LogP contribution in [0.4, 0.5) is 19.0 Å². The molecule has 0 aliphatic heterocycles. The number of halogens is 3. The number of hydrogen-bond acceptors (Lipinski definition) is 5. The van der Waals surface area contributed by atoms with Crippen LogP contribution in [0, 0.1) is 0 Å². The molecule has 0 amide bonds. The van der Waals surface area contributed by atoms with Crippen LogP contribution in [-0.4, -0.2) is 34.8 Å². The molecule has 1 aromatic heterocycles. The van der Waals surface area contributed by atoms with E-state index in [4.69, 9.17) is 0 Å². The van der Waals surface area contributed by atoms with Crippen LogP contribution in [0.5, 0.6) is 0 Å². The van der Waals surface area contributed by atoms with Crippen LogP contribution in [0.2, 0.25) is 0 Å². The van der Waals surface area contributed by atoms with Crippen molar-refractivity contribution in [3.63, 3.8) is 0 Å². The minimum absolute atomic E-state index is 0.0145. The predicted molar refractivity (Wildman–Crippen MR) is 66.2 cm³/mol. The highest BCUT2D eigenvalue weighted by atomic mass is 19.4. The van der Waals surface area contributed by atoms with E-state index < -0.39 is 24.2 Å². The Morgan fingerprint density at radius 3 is 2.55 bits per heavy atom. The molecule has 0 radical (unpaired) electrons. The molecule has 1 N–H and O–H groups in total. The van der Waals surface area contributed by atoms with E-state index >= 15 is 0 Å². The second-order valence-electron chi connectivity index (χ2n) is 5.23. The molecule has 1 rings (SSSR count). The molecule has 0 aliphatic rings. The van der Waals surface area contributed by atoms with Crippen LogP contribution < -0.4 is 5.32 Å². The maximum atomic E-state index is 13.1. The van der Waals surface area contributed by atoms with Gasteiger partial charge >= 0.3 is 6.18 Å². The molecule has 5 nitrogen and oxygen atoms in total. The third kappa shape index (κ3) is 4.67. The largest absolute Gasteiger partial charge is 0.467 e. The summed E-state index contributed by atoms with van der Waals surface area (Å²) >= 11 is 0. The SMILES string of the molecule is CC(C)(C)Nc1ncncc1C(COC=O)C(F)(F)F. The molecule has 1 unspecified atom stereocenters. The summed E-state index contributed by atoms with van der Waals surface area (Å²) < 4.78 is 43.5. The number of hydrogen-bond donors (Lipinski definition) is 1. The van der Waals surface area contributed by atoms with Crippen molar-refractivity contribution < 1.29 is 22.7 Å². The molecule has 112 valence electrons. The van der Waals surface area contributed by atoms with Crippen LogP contribution in [0.1, 0.15) is 32.3 Å². The summed E-state index contributed by atoms with van der Waals surface area (Å²) in [4.78, 5) is 17.6. The van der Waals surface area contributed by atoms with Crippen molar-refractivity contribution in [2.45, 2.75) is 38.4 Å². The molecule has 8 heteroatoms. The van der Waals surface area contributed by atoms with Gasteiger partial charge in [-0.1, -0.05) is 0 Å². The van der Waals surface area contributed by atoms with Gasteiger partial charge in [-0.2, -0.15) is 13.2 Å². The van der Waals surface area contributed by atoms with Gasteiger partial charge in [-0.15, -0.1) is 0 Å². The smallest absolute Gasteiger partial charge is 0.399 e. The van der Waals surface area contributed by atoms with Gasteiger partial charge < -0.3 is 10.1 Å². The van der Waals surface area contributed by atoms with E-state index in [1.54, 1.807) is 20.8 Å². The zero-order valence-corrected chi connectivity index (χ0v) is 11.4. The van der Waals surface area contributed by atoms with E-state index in [2.05, 4.69) is 20.0 Å². The summed E-state index contributed by atoms with van der Waals surface area (Å²) in [7, 11) is 0. The van der Waals surface area contributed by atoms with Crippen molar-refractivity contribution in [2.75, 3.05) is 11.9 Å². The summed E-state index contributed by atoms with van der Waals surface area (Å²) in [5.74, 6) is -1.90. The molecule has 1 heterocycles. The van der Waals surface area contributed by atoms with E-state index in [0.717, 1.165) is 12.5 Å². The molecule has 0 bridgehead atoms. The Kier molecular flexibility index (Phi) is 4.91. The molecule has 1 aromatic rings. The third-order valence-electron chi connectivity index (χ3n) is 2.34. The fourth-order valence-electron chi connectivity index (χ4n) is 1.55. The van der Waals surface area contributed by atoms with Crippen molar-refractivity contribution in [3.8, 4) is 0 Å². The molecule has 0 aromatic carbocycles. The van der Waals surface area contributed by atoms with Gasteiger partial charge in [0.15, 0.2) is 0 Å². The molecule has 0 saturated carbocycles. The predicted octanol–water partition coefficient (Wildman–Crippen LogP) is 2.51. The zero-order chi connectivity index (χ0) is 15.4. The summed E-state index contributed by atoms with van der Waals surface area (Å²) in [6.07, 6.45) is -2.33. The molecule has 0 saturated heterocycles. The number of rotatable bonds is 5. The Morgan fingerprint density at radius 2 is 2.05 bits per heavy atom. The standard InChI is InChI=1S/C12H16F3N3O2/c1-11(2,3)18-10-8(4-16-6-17-10)9(5-20-7-19)12(13,14)15/h4,6-7,9H,5H2,1-3H3,(H,16,17,18). The Balaban J connectivity index is 3.16. The second-order valence-corrected chi connectivity index (χ2v) is 5.23. The van der Waals surface area contributed by atoms with Gasteiger partial charge in [0.2, 0.25) is 0 Å². The summed E-state index contributed by atoms with van der Waals surface area (Å²) in [6.45, 7) is 4.56. The zero-order valence-electron chi connectivity index (χ0n) is 11.4. The lowest BCUT2D eigenvalue weighted by atomic mass is 10.00. The number of ether oxygens (including phenoxy) is 1. The van der Waals surface area contributed by atoms with Gasteiger partial charge in [-0.25, -0.2) is 9.97 Å².